The highest BCUT2D eigenvalue weighted by Crippen LogP contribution is 2.40. The number of anilines is 3. The Bertz CT molecular complexity index is 959. The van der Waals surface area contributed by atoms with E-state index in [0.717, 1.165) is 12.3 Å². The number of nitrogens with one attached hydrogen (secondary N) is 4. The summed E-state index contributed by atoms with van der Waals surface area (Å²) in [5.74, 6) is 0.0131. The molecule has 0 spiro atoms. The van der Waals surface area contributed by atoms with Gasteiger partial charge in [0.05, 0.1) is 17.1 Å². The van der Waals surface area contributed by atoms with Crippen LogP contribution in [0.2, 0.25) is 0 Å². The molecule has 1 fully saturated rings. The first-order valence-corrected chi connectivity index (χ1v) is 10.4. The Labute approximate surface area is 181 Å². The Kier molecular flexibility index (Phi) is 6.64. The second-order valence-corrected chi connectivity index (χ2v) is 8.56. The second kappa shape index (κ2) is 9.05. The molecule has 2 aromatic rings. The van der Waals surface area contributed by atoms with Crippen LogP contribution in [-0.2, 0) is 0 Å². The van der Waals surface area contributed by atoms with Gasteiger partial charge >= 0.3 is 0 Å². The van der Waals surface area contributed by atoms with Gasteiger partial charge in [-0.25, -0.2) is 13.8 Å². The summed E-state index contributed by atoms with van der Waals surface area (Å²) in [6, 6.07) is 3.39. The molecule has 1 aliphatic carbocycles. The number of nitrogens with zero attached hydrogens (tertiary/aromatic N) is 2. The van der Waals surface area contributed by atoms with Gasteiger partial charge in [-0.15, -0.1) is 0 Å². The molecule has 1 saturated carbocycles. The number of aromatic nitrogens is 2. The molecule has 3 rings (SSSR count). The average molecular weight is 433 g/mol. The van der Waals surface area contributed by atoms with Gasteiger partial charge in [-0.2, -0.15) is 0 Å². The lowest BCUT2D eigenvalue weighted by atomic mass is 9.83. The number of rotatable bonds is 8. The Morgan fingerprint density at radius 2 is 2.03 bits per heavy atom. The van der Waals surface area contributed by atoms with Crippen LogP contribution in [0.4, 0.5) is 26.2 Å². The molecule has 7 nitrogen and oxygen atoms in total. The molecule has 1 aromatic heterocycles. The van der Waals surface area contributed by atoms with E-state index in [4.69, 9.17) is 5.41 Å². The maximum absolute atomic E-state index is 14.3. The van der Waals surface area contributed by atoms with E-state index in [0.29, 0.717) is 49.0 Å². The third-order valence-electron chi connectivity index (χ3n) is 5.38. The lowest BCUT2D eigenvalue weighted by Crippen LogP contribution is -2.32. The monoisotopic (exact) mass is 432 g/mol. The predicted molar refractivity (Wildman–Crippen MR) is 119 cm³/mol. The van der Waals surface area contributed by atoms with Crippen LogP contribution in [0.15, 0.2) is 30.6 Å². The Balaban J connectivity index is 2.02. The van der Waals surface area contributed by atoms with Gasteiger partial charge in [-0.05, 0) is 58.6 Å². The summed E-state index contributed by atoms with van der Waals surface area (Å²) in [6.07, 6.45) is 3.68. The maximum atomic E-state index is 14.3. The van der Waals surface area contributed by atoms with Crippen molar-refractivity contribution in [2.75, 3.05) is 10.6 Å². The van der Waals surface area contributed by atoms with Crippen molar-refractivity contribution in [3.8, 4) is 0 Å². The molecule has 0 amide bonds. The SMILES string of the molecule is C=C(Nc1c(C=N)nc(Nc2ccc(F)cc2F)n1C1CCC(C)(O)CC1)NC(C)C. The van der Waals surface area contributed by atoms with Crippen molar-refractivity contribution in [1.29, 1.82) is 5.41 Å². The summed E-state index contributed by atoms with van der Waals surface area (Å²) in [5, 5.41) is 27.5. The van der Waals surface area contributed by atoms with Gasteiger partial charge in [-0.3, -0.25) is 4.57 Å². The second-order valence-electron chi connectivity index (χ2n) is 8.56. The predicted octanol–water partition coefficient (Wildman–Crippen LogP) is 4.65. The number of hydrogen-bond acceptors (Lipinski definition) is 6. The fourth-order valence-corrected chi connectivity index (χ4v) is 3.84. The molecule has 0 unspecified atom stereocenters. The largest absolute Gasteiger partial charge is 0.390 e. The quantitative estimate of drug-likeness (QED) is 0.391. The molecule has 0 saturated heterocycles. The van der Waals surface area contributed by atoms with Crippen molar-refractivity contribution in [2.45, 2.75) is 64.1 Å². The van der Waals surface area contributed by atoms with E-state index in [9.17, 15) is 13.9 Å². The van der Waals surface area contributed by atoms with Crippen LogP contribution in [0.5, 0.6) is 0 Å². The van der Waals surface area contributed by atoms with Crippen LogP contribution in [0.25, 0.3) is 0 Å². The molecule has 5 N–H and O–H groups in total. The first-order valence-electron chi connectivity index (χ1n) is 10.4. The van der Waals surface area contributed by atoms with Crippen LogP contribution in [-0.4, -0.2) is 32.5 Å². The number of halogens is 2. The molecular formula is C22H30F2N6O. The molecule has 1 aromatic carbocycles. The zero-order chi connectivity index (χ0) is 22.8. The fourth-order valence-electron chi connectivity index (χ4n) is 3.84. The van der Waals surface area contributed by atoms with Gasteiger partial charge in [0, 0.05) is 24.4 Å². The summed E-state index contributed by atoms with van der Waals surface area (Å²) in [7, 11) is 0. The van der Waals surface area contributed by atoms with Crippen molar-refractivity contribution in [1.82, 2.24) is 14.9 Å². The molecule has 1 aliphatic rings. The first kappa shape index (κ1) is 22.7. The van der Waals surface area contributed by atoms with E-state index in [1.165, 1.54) is 12.1 Å². The molecular weight excluding hydrogens is 402 g/mol. The fraction of sp³-hybridized carbons (Fsp3) is 0.455. The van der Waals surface area contributed by atoms with Gasteiger partial charge in [0.2, 0.25) is 5.95 Å². The normalized spacial score (nSPS) is 21.1. The van der Waals surface area contributed by atoms with E-state index in [1.807, 2.05) is 25.3 Å². The zero-order valence-corrected chi connectivity index (χ0v) is 18.1. The molecule has 0 atom stereocenters. The van der Waals surface area contributed by atoms with Crippen LogP contribution in [0.1, 0.15) is 58.2 Å². The van der Waals surface area contributed by atoms with Crippen LogP contribution in [0, 0.1) is 17.0 Å². The molecule has 168 valence electrons. The van der Waals surface area contributed by atoms with Crippen LogP contribution in [0.3, 0.4) is 0 Å². The van der Waals surface area contributed by atoms with Crippen LogP contribution < -0.4 is 16.0 Å². The summed E-state index contributed by atoms with van der Waals surface area (Å²) in [5.41, 5.74) is -0.291. The van der Waals surface area contributed by atoms with Gasteiger partial charge in [0.15, 0.2) is 0 Å². The van der Waals surface area contributed by atoms with Gasteiger partial charge in [0.1, 0.15) is 23.1 Å². The summed E-state index contributed by atoms with van der Waals surface area (Å²) in [4.78, 5) is 4.49. The highest BCUT2D eigenvalue weighted by molar-refractivity contribution is 5.84. The third-order valence-corrected chi connectivity index (χ3v) is 5.38. The standard InChI is InChI=1S/C22H30F2N6O/c1-13(2)26-14(3)27-20-19(12-25)29-21(28-18-6-5-15(23)11-17(18)24)30(20)16-7-9-22(4,31)10-8-16/h5-6,11-13,16,25-27,31H,3,7-10H2,1-2,4H3,(H,28,29). The highest BCUT2D eigenvalue weighted by Gasteiger charge is 2.32. The van der Waals surface area contributed by atoms with Crippen molar-refractivity contribution >= 4 is 23.7 Å². The number of hydrogen-bond donors (Lipinski definition) is 5. The smallest absolute Gasteiger partial charge is 0.209 e. The molecule has 31 heavy (non-hydrogen) atoms. The minimum Gasteiger partial charge on any atom is -0.390 e. The average Bonchev–Trinajstić information content (AvgIpc) is 3.00. The topological polar surface area (TPSA) is 98.0 Å². The number of imidazole rings is 1. The Morgan fingerprint density at radius 3 is 2.61 bits per heavy atom. The maximum Gasteiger partial charge on any atom is 0.209 e. The molecule has 0 aliphatic heterocycles. The summed E-state index contributed by atoms with van der Waals surface area (Å²) in [6.45, 7) is 9.77. The van der Waals surface area contributed by atoms with E-state index in [2.05, 4.69) is 27.5 Å². The third kappa shape index (κ3) is 5.41. The number of benzene rings is 1. The zero-order valence-electron chi connectivity index (χ0n) is 18.1. The Morgan fingerprint density at radius 1 is 1.35 bits per heavy atom. The van der Waals surface area contributed by atoms with Gasteiger partial charge in [-0.1, -0.05) is 6.58 Å². The van der Waals surface area contributed by atoms with Gasteiger partial charge in [0.25, 0.3) is 0 Å². The summed E-state index contributed by atoms with van der Waals surface area (Å²) < 4.78 is 29.5. The van der Waals surface area contributed by atoms with Crippen molar-refractivity contribution in [3.63, 3.8) is 0 Å². The molecule has 0 radical (unpaired) electrons. The molecule has 1 heterocycles. The highest BCUT2D eigenvalue weighted by atomic mass is 19.1. The van der Waals surface area contributed by atoms with Crippen molar-refractivity contribution in [3.05, 3.63) is 47.9 Å². The first-order chi connectivity index (χ1) is 14.6. The molecule has 9 heteroatoms. The van der Waals surface area contributed by atoms with E-state index in [-0.39, 0.29) is 17.8 Å². The lowest BCUT2D eigenvalue weighted by Gasteiger charge is -2.35. The minimum absolute atomic E-state index is 0.0400. The van der Waals surface area contributed by atoms with E-state index in [1.54, 1.807) is 0 Å². The Hall–Kier alpha value is -2.94. The minimum atomic E-state index is -0.738. The van der Waals surface area contributed by atoms with Gasteiger partial charge < -0.3 is 26.5 Å². The van der Waals surface area contributed by atoms with Crippen molar-refractivity contribution in [2.24, 2.45) is 0 Å². The molecule has 0 bridgehead atoms. The lowest BCUT2D eigenvalue weighted by molar-refractivity contribution is 0.0104. The van der Waals surface area contributed by atoms with Crippen LogP contribution >= 0.6 is 0 Å². The van der Waals surface area contributed by atoms with Crippen molar-refractivity contribution < 1.29 is 13.9 Å². The van der Waals surface area contributed by atoms with E-state index >= 15 is 0 Å². The van der Waals surface area contributed by atoms with E-state index < -0.39 is 17.2 Å². The number of aliphatic hydroxyl groups is 1. The summed E-state index contributed by atoms with van der Waals surface area (Å²) >= 11 is 0.